The quantitative estimate of drug-likeness (QED) is 0.471. The summed E-state index contributed by atoms with van der Waals surface area (Å²) in [6.07, 6.45) is 0.694. The van der Waals surface area contributed by atoms with Crippen molar-refractivity contribution in [1.29, 1.82) is 0 Å². The maximum Gasteiger partial charge on any atom is 0.251 e. The summed E-state index contributed by atoms with van der Waals surface area (Å²) in [4.78, 5) is 15.2. The third kappa shape index (κ3) is 3.47. The van der Waals surface area contributed by atoms with E-state index in [4.69, 9.17) is 4.74 Å². The highest BCUT2D eigenvalue weighted by molar-refractivity contribution is 14.1. The topological polar surface area (TPSA) is 61.8 Å². The smallest absolute Gasteiger partial charge is 0.251 e. The second-order valence-corrected chi connectivity index (χ2v) is 9.46. The van der Waals surface area contributed by atoms with Crippen molar-refractivity contribution in [3.63, 3.8) is 0 Å². The Morgan fingerprint density at radius 2 is 2.07 bits per heavy atom. The molecule has 4 unspecified atom stereocenters. The molecule has 0 aromatic heterocycles. The van der Waals surface area contributed by atoms with Crippen LogP contribution in [0.25, 0.3) is 0 Å². The molecule has 4 atom stereocenters. The summed E-state index contributed by atoms with van der Waals surface area (Å²) in [7, 11) is 2.15. The molecule has 1 spiro atoms. The number of ether oxygens (including phenoxy) is 1. The van der Waals surface area contributed by atoms with Crippen molar-refractivity contribution in [1.82, 2.24) is 10.2 Å². The molecule has 0 aliphatic carbocycles. The number of phenols is 1. The number of benzene rings is 2. The molecule has 1 amide bonds. The van der Waals surface area contributed by atoms with E-state index in [1.807, 2.05) is 43.3 Å². The standard InChI is InChI=1S/C24H29IN2O3/c1-15-14-27(3)12-11-24(15)20-18(13-25)9-10-19(28)21(20)30-22(24)16(2)26-23(29)17-7-5-4-6-8-17/h4-10,15-16,22,28H,11-14H2,1-3H3,(H,26,29). The number of fused-ring (bicyclic) bond motifs is 2. The summed E-state index contributed by atoms with van der Waals surface area (Å²) in [6.45, 7) is 6.20. The van der Waals surface area contributed by atoms with E-state index in [-0.39, 0.29) is 29.2 Å². The lowest BCUT2D eigenvalue weighted by molar-refractivity contribution is 0.0235. The summed E-state index contributed by atoms with van der Waals surface area (Å²) >= 11 is 2.38. The zero-order chi connectivity index (χ0) is 21.5. The van der Waals surface area contributed by atoms with E-state index in [1.54, 1.807) is 6.07 Å². The van der Waals surface area contributed by atoms with Gasteiger partial charge in [0.2, 0.25) is 0 Å². The van der Waals surface area contributed by atoms with Crippen LogP contribution in [0.2, 0.25) is 0 Å². The van der Waals surface area contributed by atoms with Crippen molar-refractivity contribution < 1.29 is 14.6 Å². The lowest BCUT2D eigenvalue weighted by atomic mass is 9.62. The van der Waals surface area contributed by atoms with Gasteiger partial charge in [-0.3, -0.25) is 4.79 Å². The molecule has 5 nitrogen and oxygen atoms in total. The van der Waals surface area contributed by atoms with Crippen LogP contribution in [0.15, 0.2) is 42.5 Å². The molecule has 0 saturated carbocycles. The first-order valence-electron chi connectivity index (χ1n) is 10.5. The molecule has 0 bridgehead atoms. The van der Waals surface area contributed by atoms with Gasteiger partial charge >= 0.3 is 0 Å². The van der Waals surface area contributed by atoms with Gasteiger partial charge in [-0.1, -0.05) is 53.8 Å². The lowest BCUT2D eigenvalue weighted by Crippen LogP contribution is -2.59. The minimum Gasteiger partial charge on any atom is -0.504 e. The van der Waals surface area contributed by atoms with Gasteiger partial charge in [0.1, 0.15) is 6.10 Å². The molecule has 6 heteroatoms. The van der Waals surface area contributed by atoms with Crippen molar-refractivity contribution in [3.05, 3.63) is 59.2 Å². The molecule has 2 aliphatic heterocycles. The molecule has 2 aromatic carbocycles. The van der Waals surface area contributed by atoms with Crippen molar-refractivity contribution in [2.24, 2.45) is 5.92 Å². The minimum atomic E-state index is -0.246. The Morgan fingerprint density at radius 3 is 2.73 bits per heavy atom. The molecule has 160 valence electrons. The second kappa shape index (κ2) is 8.38. The molecule has 30 heavy (non-hydrogen) atoms. The highest BCUT2D eigenvalue weighted by Gasteiger charge is 2.57. The molecular formula is C24H29IN2O3. The van der Waals surface area contributed by atoms with Gasteiger partial charge in [-0.15, -0.1) is 0 Å². The number of carbonyl (C=O) groups is 1. The molecular weight excluding hydrogens is 491 g/mol. The first-order chi connectivity index (χ1) is 14.4. The summed E-state index contributed by atoms with van der Waals surface area (Å²) < 4.78 is 7.34. The number of phenolic OH excluding ortho intramolecular Hbond substituents is 1. The second-order valence-electron chi connectivity index (χ2n) is 8.70. The Kier molecular flexibility index (Phi) is 5.99. The van der Waals surface area contributed by atoms with Gasteiger partial charge in [0.05, 0.1) is 6.04 Å². The molecule has 0 radical (unpaired) electrons. The highest BCUT2D eigenvalue weighted by atomic mass is 127. The fraction of sp³-hybridized carbons (Fsp3) is 0.458. The predicted molar refractivity (Wildman–Crippen MR) is 127 cm³/mol. The number of halogens is 1. The molecule has 2 aliphatic rings. The first-order valence-corrected chi connectivity index (χ1v) is 12.0. The third-order valence-electron chi connectivity index (χ3n) is 6.81. The van der Waals surface area contributed by atoms with Crippen LogP contribution < -0.4 is 10.1 Å². The third-order valence-corrected chi connectivity index (χ3v) is 7.63. The van der Waals surface area contributed by atoms with Crippen LogP contribution in [0, 0.1) is 5.92 Å². The normalized spacial score (nSPS) is 26.8. The van der Waals surface area contributed by atoms with Gasteiger partial charge in [-0.25, -0.2) is 0 Å². The first kappa shape index (κ1) is 21.4. The summed E-state index contributed by atoms with van der Waals surface area (Å²) in [5.74, 6) is 1.01. The Bertz CT molecular complexity index is 936. The number of amides is 1. The zero-order valence-corrected chi connectivity index (χ0v) is 19.8. The number of piperidine rings is 1. The monoisotopic (exact) mass is 520 g/mol. The Hall–Kier alpha value is -1.80. The average Bonchev–Trinajstić information content (AvgIpc) is 3.09. The van der Waals surface area contributed by atoms with Crippen LogP contribution in [0.3, 0.4) is 0 Å². The van der Waals surface area contributed by atoms with Gasteiger partial charge in [0, 0.05) is 27.5 Å². The molecule has 1 fully saturated rings. The number of likely N-dealkylation sites (tertiary alicyclic amines) is 1. The Morgan fingerprint density at radius 1 is 1.33 bits per heavy atom. The maximum atomic E-state index is 12.9. The number of carbonyl (C=O) groups excluding carboxylic acids is 1. The zero-order valence-electron chi connectivity index (χ0n) is 17.7. The predicted octanol–water partition coefficient (Wildman–Crippen LogP) is 4.12. The van der Waals surface area contributed by atoms with Crippen LogP contribution in [0.4, 0.5) is 0 Å². The van der Waals surface area contributed by atoms with Gasteiger partial charge < -0.3 is 20.1 Å². The van der Waals surface area contributed by atoms with E-state index in [2.05, 4.69) is 46.8 Å². The SMILES string of the molecule is CC(NC(=O)c1ccccc1)C1Oc2c(O)ccc(CI)c2C12CCN(C)CC2C. The van der Waals surface area contributed by atoms with Gasteiger partial charge in [0.15, 0.2) is 11.5 Å². The molecule has 4 rings (SSSR count). The van der Waals surface area contributed by atoms with Gasteiger partial charge in [0.25, 0.3) is 5.91 Å². The Labute approximate surface area is 191 Å². The van der Waals surface area contributed by atoms with Crippen molar-refractivity contribution in [3.8, 4) is 11.5 Å². The van der Waals surface area contributed by atoms with Crippen molar-refractivity contribution in [2.75, 3.05) is 20.1 Å². The average molecular weight is 520 g/mol. The van der Waals surface area contributed by atoms with Gasteiger partial charge in [-0.2, -0.15) is 0 Å². The lowest BCUT2D eigenvalue weighted by Gasteiger charge is -2.48. The summed E-state index contributed by atoms with van der Waals surface area (Å²) in [6, 6.07) is 12.8. The fourth-order valence-corrected chi connectivity index (χ4v) is 6.00. The summed E-state index contributed by atoms with van der Waals surface area (Å²) in [5, 5.41) is 13.8. The van der Waals surface area contributed by atoms with E-state index >= 15 is 0 Å². The number of hydrogen-bond donors (Lipinski definition) is 2. The van der Waals surface area contributed by atoms with E-state index in [0.29, 0.717) is 17.2 Å². The summed E-state index contributed by atoms with van der Waals surface area (Å²) in [5.41, 5.74) is 2.75. The van der Waals surface area contributed by atoms with Gasteiger partial charge in [-0.05, 0) is 56.6 Å². The van der Waals surface area contributed by atoms with Crippen LogP contribution >= 0.6 is 22.6 Å². The highest BCUT2D eigenvalue weighted by Crippen LogP contribution is 2.56. The fourth-order valence-electron chi connectivity index (χ4n) is 5.37. The molecule has 2 heterocycles. The number of alkyl halides is 1. The number of aromatic hydroxyl groups is 1. The number of hydrogen-bond acceptors (Lipinski definition) is 4. The van der Waals surface area contributed by atoms with E-state index in [1.165, 1.54) is 5.56 Å². The molecule has 2 aromatic rings. The van der Waals surface area contributed by atoms with E-state index in [9.17, 15) is 9.90 Å². The van der Waals surface area contributed by atoms with E-state index in [0.717, 1.165) is 29.5 Å². The minimum absolute atomic E-state index is 0.100. The van der Waals surface area contributed by atoms with Crippen LogP contribution in [0.1, 0.15) is 41.8 Å². The van der Waals surface area contributed by atoms with E-state index < -0.39 is 0 Å². The van der Waals surface area contributed by atoms with Crippen molar-refractivity contribution in [2.45, 2.75) is 42.3 Å². The van der Waals surface area contributed by atoms with Crippen molar-refractivity contribution >= 4 is 28.5 Å². The number of nitrogens with zero attached hydrogens (tertiary/aromatic N) is 1. The van der Waals surface area contributed by atoms with Crippen LogP contribution in [-0.2, 0) is 9.84 Å². The Balaban J connectivity index is 1.74. The maximum absolute atomic E-state index is 12.9. The largest absolute Gasteiger partial charge is 0.504 e. The molecule has 1 saturated heterocycles. The van der Waals surface area contributed by atoms with Crippen LogP contribution in [0.5, 0.6) is 11.5 Å². The number of nitrogens with one attached hydrogen (secondary N) is 1. The number of rotatable bonds is 4. The van der Waals surface area contributed by atoms with Crippen LogP contribution in [-0.4, -0.2) is 48.2 Å². The molecule has 2 N–H and O–H groups in total.